The van der Waals surface area contributed by atoms with E-state index in [0.29, 0.717) is 5.56 Å². The fourth-order valence-electron chi connectivity index (χ4n) is 5.43. The van der Waals surface area contributed by atoms with Gasteiger partial charge in [-0.05, 0) is 42.7 Å². The molecule has 0 amide bonds. The van der Waals surface area contributed by atoms with Crippen molar-refractivity contribution in [1.29, 1.82) is 0 Å². The van der Waals surface area contributed by atoms with Crippen LogP contribution >= 0.6 is 12.9 Å². The molecule has 0 atom stereocenters. The number of thiol groups is 1. The minimum Gasteiger partial charge on any atom is -0.456 e. The molecule has 34 heavy (non-hydrogen) atoms. The number of carbonyl (C=O) groups is 1. The van der Waals surface area contributed by atoms with Crippen LogP contribution in [0.15, 0.2) is 65.1 Å². The third kappa shape index (κ3) is 3.66. The van der Waals surface area contributed by atoms with Crippen molar-refractivity contribution >= 4 is 35.5 Å². The van der Waals surface area contributed by atoms with Crippen molar-refractivity contribution in [1.82, 2.24) is 4.58 Å². The zero-order valence-corrected chi connectivity index (χ0v) is 19.9. The summed E-state index contributed by atoms with van der Waals surface area (Å²) in [6, 6.07) is 20.4. The van der Waals surface area contributed by atoms with E-state index in [1.54, 1.807) is 6.07 Å². The summed E-state index contributed by atoms with van der Waals surface area (Å²) < 4.78 is 13.8. The highest BCUT2D eigenvalue weighted by Crippen LogP contribution is 2.42. The lowest BCUT2D eigenvalue weighted by atomic mass is 9.90. The number of carbonyl (C=O) groups excluding carboxylic acids is 1. The molecule has 1 aliphatic carbocycles. The molecule has 172 valence electrons. The van der Waals surface area contributed by atoms with Crippen LogP contribution in [0, 0.1) is 0 Å². The van der Waals surface area contributed by atoms with Gasteiger partial charge in [-0.3, -0.25) is 0 Å². The Morgan fingerprint density at radius 1 is 0.912 bits per heavy atom. The van der Waals surface area contributed by atoms with Gasteiger partial charge in [-0.2, -0.15) is 0 Å². The lowest BCUT2D eigenvalue weighted by Crippen LogP contribution is -2.26. The highest BCUT2D eigenvalue weighted by atomic mass is 32.1. The molecule has 0 radical (unpaired) electrons. The quantitative estimate of drug-likeness (QED) is 0.189. The number of rotatable bonds is 3. The molecular formula is C28H27N2O3S+. The summed E-state index contributed by atoms with van der Waals surface area (Å²) in [5.74, 6) is 0.350. The fourth-order valence-corrected chi connectivity index (χ4v) is 5.53. The first-order valence-corrected chi connectivity index (χ1v) is 12.4. The van der Waals surface area contributed by atoms with Crippen molar-refractivity contribution < 1.29 is 13.4 Å². The predicted octanol–water partition coefficient (Wildman–Crippen LogP) is 5.37. The van der Waals surface area contributed by atoms with E-state index in [1.807, 2.05) is 18.2 Å². The van der Waals surface area contributed by atoms with Gasteiger partial charge in [-0.1, -0.05) is 18.2 Å². The Bertz CT molecular complexity index is 1430. The molecule has 0 saturated carbocycles. The van der Waals surface area contributed by atoms with Gasteiger partial charge < -0.3 is 13.5 Å². The molecule has 4 aliphatic rings. The van der Waals surface area contributed by atoms with Gasteiger partial charge in [-0.25, -0.2) is 9.37 Å². The Balaban J connectivity index is 1.66. The van der Waals surface area contributed by atoms with E-state index < -0.39 is 5.97 Å². The minimum atomic E-state index is -0.469. The van der Waals surface area contributed by atoms with Gasteiger partial charge >= 0.3 is 5.97 Å². The molecule has 2 fully saturated rings. The smallest absolute Gasteiger partial charge is 0.350 e. The lowest BCUT2D eigenvalue weighted by Gasteiger charge is -2.20. The van der Waals surface area contributed by atoms with Gasteiger partial charge in [0.15, 0.2) is 0 Å². The maximum Gasteiger partial charge on any atom is 0.350 e. The second kappa shape index (κ2) is 8.84. The second-order valence-corrected chi connectivity index (χ2v) is 9.33. The van der Waals surface area contributed by atoms with Gasteiger partial charge in [0.25, 0.3) is 0 Å². The highest BCUT2D eigenvalue weighted by Gasteiger charge is 2.24. The van der Waals surface area contributed by atoms with Crippen LogP contribution in [0.1, 0.15) is 36.0 Å². The molecule has 3 aliphatic heterocycles. The number of nitrogens with zero attached hydrogens (tertiary/aromatic N) is 2. The summed E-state index contributed by atoms with van der Waals surface area (Å²) in [5.41, 5.74) is 5.25. The first kappa shape index (κ1) is 21.3. The fraction of sp³-hybridized carbons (Fsp3) is 0.286. The van der Waals surface area contributed by atoms with E-state index in [1.165, 1.54) is 36.7 Å². The molecule has 0 aromatic heterocycles. The Morgan fingerprint density at radius 3 is 2.50 bits per heavy atom. The monoisotopic (exact) mass is 471 g/mol. The number of anilines is 1. The van der Waals surface area contributed by atoms with Gasteiger partial charge in [0, 0.05) is 73.2 Å². The van der Waals surface area contributed by atoms with Gasteiger partial charge in [0.2, 0.25) is 5.36 Å². The van der Waals surface area contributed by atoms with Gasteiger partial charge in [0.05, 0.1) is 11.6 Å². The van der Waals surface area contributed by atoms with Crippen LogP contribution in [-0.4, -0.2) is 32.1 Å². The van der Waals surface area contributed by atoms with Crippen LogP contribution in [0.5, 0.6) is 0 Å². The third-order valence-corrected chi connectivity index (χ3v) is 7.30. The minimum absolute atomic E-state index is 0.469. The van der Waals surface area contributed by atoms with E-state index in [0.717, 1.165) is 59.6 Å². The molecule has 6 heteroatoms. The van der Waals surface area contributed by atoms with Crippen molar-refractivity contribution in [3.8, 4) is 22.5 Å². The number of benzene rings is 3. The van der Waals surface area contributed by atoms with Crippen molar-refractivity contribution in [3.63, 3.8) is 0 Å². The predicted molar refractivity (Wildman–Crippen MR) is 138 cm³/mol. The maximum absolute atomic E-state index is 12.6. The molecule has 5 nitrogen and oxygen atoms in total. The average molecular weight is 472 g/mol. The molecule has 0 spiro atoms. The van der Waals surface area contributed by atoms with Crippen LogP contribution in [0.4, 0.5) is 5.69 Å². The van der Waals surface area contributed by atoms with Crippen molar-refractivity contribution in [3.05, 3.63) is 71.6 Å². The van der Waals surface area contributed by atoms with Gasteiger partial charge in [-0.15, -0.1) is 0 Å². The maximum atomic E-state index is 12.6. The van der Waals surface area contributed by atoms with Crippen molar-refractivity contribution in [2.24, 2.45) is 0 Å². The topological polar surface area (TPSA) is 45.7 Å². The van der Waals surface area contributed by atoms with Crippen LogP contribution in [0.25, 0.3) is 33.4 Å². The Kier molecular flexibility index (Phi) is 5.53. The average Bonchev–Trinajstić information content (AvgIpc) is 3.61. The van der Waals surface area contributed by atoms with Crippen LogP contribution in [0.3, 0.4) is 0 Å². The summed E-state index contributed by atoms with van der Waals surface area (Å²) >= 11 is 3.78. The zero-order valence-electron chi connectivity index (χ0n) is 19.0. The van der Waals surface area contributed by atoms with E-state index in [4.69, 9.17) is 8.60 Å². The first-order valence-electron chi connectivity index (χ1n) is 12.0. The molecule has 0 bridgehead atoms. The molecule has 0 N–H and O–H groups in total. The van der Waals surface area contributed by atoms with E-state index >= 15 is 0 Å². The SMILES string of the molecule is O=C(OS)c1ccccc1-c1c2ccc(=[N+]3CCCC3)cc-2oc2cc(N3CCCC3)ccc12. The van der Waals surface area contributed by atoms with Crippen LogP contribution in [0.2, 0.25) is 0 Å². The third-order valence-electron chi connectivity index (χ3n) is 7.13. The van der Waals surface area contributed by atoms with E-state index in [2.05, 4.69) is 58.8 Å². The molecule has 6 rings (SSSR count). The van der Waals surface area contributed by atoms with Crippen molar-refractivity contribution in [2.45, 2.75) is 25.7 Å². The summed E-state index contributed by atoms with van der Waals surface area (Å²) in [4.78, 5) is 15.0. The summed E-state index contributed by atoms with van der Waals surface area (Å²) in [6.45, 7) is 4.28. The molecule has 2 aromatic carbocycles. The van der Waals surface area contributed by atoms with E-state index in [-0.39, 0.29) is 0 Å². The first-order chi connectivity index (χ1) is 16.7. The molecule has 0 unspecified atom stereocenters. The standard InChI is InChI=1S/C28H26N2O3S/c31-28(33-34)22-8-2-1-7-21(22)27-23-11-9-19(29-13-3-4-14-29)17-25(23)32-26-18-20(10-12-24(26)27)30-15-5-6-16-30/h1-2,7-12,17-18H,3-6,13-16H2/p+1. The molecule has 3 heterocycles. The van der Waals surface area contributed by atoms with E-state index in [9.17, 15) is 4.79 Å². The van der Waals surface area contributed by atoms with Crippen molar-refractivity contribution in [2.75, 3.05) is 31.1 Å². The summed E-state index contributed by atoms with van der Waals surface area (Å²) in [6.07, 6.45) is 4.88. The summed E-state index contributed by atoms with van der Waals surface area (Å²) in [5, 5.41) is 2.15. The number of hydrogen-bond acceptors (Lipinski definition) is 5. The molecule has 2 saturated heterocycles. The Labute approximate surface area is 204 Å². The Morgan fingerprint density at radius 2 is 1.71 bits per heavy atom. The normalized spacial score (nSPS) is 16.0. The Hall–Kier alpha value is -3.25. The highest BCUT2D eigenvalue weighted by molar-refractivity contribution is 7.75. The number of fused-ring (bicyclic) bond motifs is 2. The molecular weight excluding hydrogens is 444 g/mol. The van der Waals surface area contributed by atoms with Crippen LogP contribution in [-0.2, 0) is 4.18 Å². The second-order valence-electron chi connectivity index (χ2n) is 9.15. The number of hydrogen-bond donors (Lipinski definition) is 1. The summed E-state index contributed by atoms with van der Waals surface area (Å²) in [7, 11) is 0. The van der Waals surface area contributed by atoms with Gasteiger partial charge in [0.1, 0.15) is 24.4 Å². The largest absolute Gasteiger partial charge is 0.456 e. The van der Waals surface area contributed by atoms with Crippen LogP contribution < -0.4 is 14.8 Å². The molecule has 2 aromatic rings. The zero-order chi connectivity index (χ0) is 23.1. The lowest BCUT2D eigenvalue weighted by molar-refractivity contribution is 0.0773.